The number of carbonyl (C=O) groups is 2. The van der Waals surface area contributed by atoms with Gasteiger partial charge in [0.15, 0.2) is 0 Å². The van der Waals surface area contributed by atoms with E-state index in [1.807, 2.05) is 42.6 Å². The second-order valence-electron chi connectivity index (χ2n) is 12.9. The van der Waals surface area contributed by atoms with Crippen molar-refractivity contribution in [3.8, 4) is 5.75 Å². The number of nitrogens with zero attached hydrogens (tertiary/aromatic N) is 1. The fraction of sp³-hybridized carbons (Fsp3) is 0.485. The number of rotatable bonds is 11. The van der Waals surface area contributed by atoms with Gasteiger partial charge in [0.1, 0.15) is 5.75 Å². The molecule has 0 bridgehead atoms. The van der Waals surface area contributed by atoms with Gasteiger partial charge in [-0.3, -0.25) is 9.78 Å². The Hall–Kier alpha value is -3.39. The van der Waals surface area contributed by atoms with Gasteiger partial charge in [-0.05, 0) is 75.3 Å². The summed E-state index contributed by atoms with van der Waals surface area (Å²) in [6, 6.07) is 13.8. The molecule has 3 aromatic rings. The van der Waals surface area contributed by atoms with Crippen molar-refractivity contribution in [2.24, 2.45) is 0 Å². The van der Waals surface area contributed by atoms with Crippen LogP contribution < -0.4 is 15.1 Å². The maximum atomic E-state index is 13.9. The number of carboxylic acid groups (broad SMARTS) is 1. The maximum absolute atomic E-state index is 13.9. The van der Waals surface area contributed by atoms with Crippen LogP contribution in [-0.2, 0) is 10.2 Å². The summed E-state index contributed by atoms with van der Waals surface area (Å²) in [6.07, 6.45) is 2.78. The second-order valence-corrected chi connectivity index (χ2v) is 18.3. The zero-order valence-electron chi connectivity index (χ0n) is 26.0. The molecule has 0 fully saturated rings. The summed E-state index contributed by atoms with van der Waals surface area (Å²) in [6.45, 7) is 20.0. The van der Waals surface area contributed by atoms with Gasteiger partial charge < -0.3 is 20.2 Å². The van der Waals surface area contributed by atoms with Crippen molar-refractivity contribution in [1.82, 2.24) is 10.3 Å². The number of amides is 2. The molecule has 41 heavy (non-hydrogen) atoms. The lowest BCUT2D eigenvalue weighted by Gasteiger charge is -2.42. The molecule has 0 saturated carbocycles. The van der Waals surface area contributed by atoms with Crippen LogP contribution in [0.2, 0.25) is 16.6 Å². The zero-order chi connectivity index (χ0) is 30.5. The fourth-order valence-corrected chi connectivity index (χ4v) is 11.4. The molecule has 3 rings (SSSR count). The maximum Gasteiger partial charge on any atom is 0.404 e. The lowest BCUT2D eigenvalue weighted by molar-refractivity contribution is -0.117. The second kappa shape index (κ2) is 13.1. The van der Waals surface area contributed by atoms with E-state index in [0.717, 1.165) is 33.3 Å². The van der Waals surface area contributed by atoms with Gasteiger partial charge in [-0.2, -0.15) is 0 Å². The molecule has 2 amide bonds. The summed E-state index contributed by atoms with van der Waals surface area (Å²) in [5, 5.41) is 16.7. The molecule has 222 valence electrons. The minimum atomic E-state index is -2.13. The van der Waals surface area contributed by atoms with Crippen LogP contribution in [0.4, 0.5) is 10.5 Å². The van der Waals surface area contributed by atoms with E-state index in [4.69, 9.17) is 9.53 Å². The van der Waals surface area contributed by atoms with Crippen molar-refractivity contribution in [2.45, 2.75) is 96.7 Å². The Balaban J connectivity index is 1.96. The Morgan fingerprint density at radius 2 is 1.54 bits per heavy atom. The first-order valence-corrected chi connectivity index (χ1v) is 16.8. The molecule has 0 aliphatic rings. The number of anilines is 1. The predicted molar refractivity (Wildman–Crippen MR) is 171 cm³/mol. The van der Waals surface area contributed by atoms with E-state index in [9.17, 15) is 9.59 Å². The molecule has 3 N–H and O–H groups in total. The smallest absolute Gasteiger partial charge is 0.404 e. The fourth-order valence-electron chi connectivity index (χ4n) is 6.18. The van der Waals surface area contributed by atoms with Gasteiger partial charge in [0.2, 0.25) is 5.91 Å². The molecule has 1 heterocycles. The Kier molecular flexibility index (Phi) is 10.2. The number of nitrogens with one attached hydrogen (secondary N) is 2. The van der Waals surface area contributed by atoms with Crippen LogP contribution in [0.3, 0.4) is 0 Å². The molecule has 2 aromatic carbocycles. The molecule has 1 atom stereocenters. The third-order valence-corrected chi connectivity index (χ3v) is 14.2. The summed E-state index contributed by atoms with van der Waals surface area (Å²) in [4.78, 5) is 29.3. The molecule has 0 aliphatic carbocycles. The van der Waals surface area contributed by atoms with Gasteiger partial charge in [0.05, 0.1) is 5.92 Å². The normalized spacial score (nSPS) is 13.1. The number of carbonyl (C=O) groups excluding carboxylic acids is 1. The Morgan fingerprint density at radius 3 is 2.07 bits per heavy atom. The van der Waals surface area contributed by atoms with Crippen molar-refractivity contribution in [1.29, 1.82) is 0 Å². The van der Waals surface area contributed by atoms with E-state index in [1.165, 1.54) is 0 Å². The number of hydrogen-bond acceptors (Lipinski definition) is 4. The predicted octanol–water partition coefficient (Wildman–Crippen LogP) is 8.47. The highest BCUT2D eigenvalue weighted by Crippen LogP contribution is 2.43. The Labute approximate surface area is 246 Å². The van der Waals surface area contributed by atoms with Gasteiger partial charge in [0, 0.05) is 30.0 Å². The van der Waals surface area contributed by atoms with Gasteiger partial charge >= 0.3 is 6.09 Å². The number of benzene rings is 2. The number of fused-ring (bicyclic) bond motifs is 1. The van der Waals surface area contributed by atoms with Crippen LogP contribution in [-0.4, -0.2) is 37.0 Å². The van der Waals surface area contributed by atoms with Gasteiger partial charge in [-0.15, -0.1) is 0 Å². The van der Waals surface area contributed by atoms with Crippen molar-refractivity contribution in [2.75, 3.05) is 11.9 Å². The summed E-state index contributed by atoms with van der Waals surface area (Å²) < 4.78 is 6.83. The first-order valence-electron chi connectivity index (χ1n) is 14.6. The lowest BCUT2D eigenvalue weighted by Crippen LogP contribution is -2.50. The minimum Gasteiger partial charge on any atom is -0.543 e. The molecular weight excluding hydrogens is 530 g/mol. The highest BCUT2D eigenvalue weighted by atomic mass is 28.4. The average Bonchev–Trinajstić information content (AvgIpc) is 2.88. The minimum absolute atomic E-state index is 0.158. The lowest BCUT2D eigenvalue weighted by atomic mass is 9.84. The van der Waals surface area contributed by atoms with E-state index in [1.54, 1.807) is 6.20 Å². The average molecular weight is 578 g/mol. The number of pyridine rings is 1. The van der Waals surface area contributed by atoms with Crippen LogP contribution in [0.5, 0.6) is 5.75 Å². The Morgan fingerprint density at radius 1 is 0.927 bits per heavy atom. The van der Waals surface area contributed by atoms with Gasteiger partial charge in [-0.1, -0.05) is 74.4 Å². The third kappa shape index (κ3) is 7.47. The molecule has 8 heteroatoms. The molecule has 7 nitrogen and oxygen atoms in total. The summed E-state index contributed by atoms with van der Waals surface area (Å²) >= 11 is 0. The van der Waals surface area contributed by atoms with Crippen molar-refractivity contribution in [3.05, 3.63) is 66.0 Å². The third-order valence-electron chi connectivity index (χ3n) is 8.15. The largest absolute Gasteiger partial charge is 0.543 e. The van der Waals surface area contributed by atoms with E-state index >= 15 is 0 Å². The quantitative estimate of drug-likeness (QED) is 0.198. The van der Waals surface area contributed by atoms with Crippen LogP contribution in [0.25, 0.3) is 10.8 Å². The molecule has 0 radical (unpaired) electrons. The number of aromatic nitrogens is 1. The van der Waals surface area contributed by atoms with Gasteiger partial charge in [0.25, 0.3) is 8.32 Å². The highest BCUT2D eigenvalue weighted by molar-refractivity contribution is 6.78. The van der Waals surface area contributed by atoms with Crippen LogP contribution in [0, 0.1) is 0 Å². The topological polar surface area (TPSA) is 101 Å². The molecule has 0 spiro atoms. The first kappa shape index (κ1) is 32.1. The van der Waals surface area contributed by atoms with E-state index in [-0.39, 0.29) is 17.9 Å². The SMILES string of the molecule is CC(C)[Si](Oc1ccc(C(CCNC(=O)O)C(=O)Nc2cc3ccncc3cc2C(C)(C)C)cc1)(C(C)C)C(C)C. The summed E-state index contributed by atoms with van der Waals surface area (Å²) in [5.74, 6) is 0.0803. The van der Waals surface area contributed by atoms with Gasteiger partial charge in [-0.25, -0.2) is 4.79 Å². The molecule has 1 unspecified atom stereocenters. The van der Waals surface area contributed by atoms with E-state index in [0.29, 0.717) is 23.0 Å². The van der Waals surface area contributed by atoms with Crippen molar-refractivity contribution >= 4 is 36.8 Å². The molecule has 1 aromatic heterocycles. The van der Waals surface area contributed by atoms with E-state index < -0.39 is 20.3 Å². The monoisotopic (exact) mass is 577 g/mol. The zero-order valence-corrected chi connectivity index (χ0v) is 27.0. The van der Waals surface area contributed by atoms with Crippen molar-refractivity contribution in [3.63, 3.8) is 0 Å². The molecule has 0 aliphatic heterocycles. The summed E-state index contributed by atoms with van der Waals surface area (Å²) in [7, 11) is -2.13. The Bertz CT molecular complexity index is 1330. The van der Waals surface area contributed by atoms with Crippen LogP contribution in [0.15, 0.2) is 54.9 Å². The highest BCUT2D eigenvalue weighted by Gasteiger charge is 2.47. The standard InChI is InChI=1S/C33H47N3O4Si/c1-21(2)41(22(3)4,23(5)6)40-27-12-10-24(11-13-27)28(15-17-35-32(38)39)31(37)36-30-19-25-14-16-34-20-26(25)18-29(30)33(7,8)9/h10-14,16,18-23,28,35H,15,17H2,1-9H3,(H,36,37)(H,38,39). The van der Waals surface area contributed by atoms with E-state index in [2.05, 4.69) is 84.0 Å². The summed E-state index contributed by atoms with van der Waals surface area (Å²) in [5.41, 5.74) is 3.68. The molecular formula is C33H47N3O4Si. The van der Waals surface area contributed by atoms with Crippen molar-refractivity contribution < 1.29 is 19.1 Å². The van der Waals surface area contributed by atoms with Crippen LogP contribution >= 0.6 is 0 Å². The first-order chi connectivity index (χ1) is 19.2. The molecule has 0 saturated heterocycles. The number of hydrogen-bond donors (Lipinski definition) is 3. The van der Waals surface area contributed by atoms with Crippen LogP contribution in [0.1, 0.15) is 85.8 Å².